The Morgan fingerprint density at radius 3 is 2.74 bits per heavy atom. The summed E-state index contributed by atoms with van der Waals surface area (Å²) in [6, 6.07) is 5.15. The maximum atomic E-state index is 12.9. The molecule has 0 saturated carbocycles. The number of hydrogen-bond donors (Lipinski definition) is 1. The third-order valence-electron chi connectivity index (χ3n) is 4.12. The molecule has 1 aromatic rings. The number of hydrogen-bond acceptors (Lipinski definition) is 6. The van der Waals surface area contributed by atoms with Crippen LogP contribution >= 0.6 is 0 Å². The topological polar surface area (TPSA) is 88.5 Å². The normalized spacial score (nSPS) is 17.3. The molecule has 1 N–H and O–H groups in total. The van der Waals surface area contributed by atoms with E-state index in [2.05, 4.69) is 0 Å². The number of benzene rings is 1. The van der Waals surface area contributed by atoms with Gasteiger partial charge in [0.05, 0.1) is 32.5 Å². The van der Waals surface area contributed by atoms with E-state index in [0.717, 1.165) is 0 Å². The average Bonchev–Trinajstić information content (AvgIpc) is 2.60. The molecule has 1 heterocycles. The molecule has 2 rings (SSSR count). The van der Waals surface area contributed by atoms with E-state index in [0.29, 0.717) is 43.3 Å². The molecule has 8 heteroatoms. The molecule has 0 spiro atoms. The van der Waals surface area contributed by atoms with Gasteiger partial charge in [0.25, 0.3) is 5.91 Å². The van der Waals surface area contributed by atoms with Crippen LogP contribution in [0.4, 0.5) is 0 Å². The Hall–Kier alpha value is -2.32. The lowest BCUT2D eigenvalue weighted by Crippen LogP contribution is -2.49. The van der Waals surface area contributed by atoms with Crippen molar-refractivity contribution in [3.8, 4) is 11.5 Å². The van der Waals surface area contributed by atoms with E-state index in [-0.39, 0.29) is 24.7 Å². The summed E-state index contributed by atoms with van der Waals surface area (Å²) in [7, 11) is 3.26. The van der Waals surface area contributed by atoms with Gasteiger partial charge in [0.1, 0.15) is 0 Å². The molecule has 1 amide bonds. The fourth-order valence-corrected chi connectivity index (χ4v) is 2.99. The zero-order valence-electron chi connectivity index (χ0n) is 16.3. The van der Waals surface area contributed by atoms with Crippen molar-refractivity contribution in [3.63, 3.8) is 0 Å². The van der Waals surface area contributed by atoms with Crippen molar-refractivity contribution >= 4 is 11.9 Å². The highest BCUT2D eigenvalue weighted by molar-refractivity contribution is 5.95. The first-order chi connectivity index (χ1) is 12.8. The number of nitrogens with zero attached hydrogens (tertiary/aromatic N) is 2. The van der Waals surface area contributed by atoms with Crippen molar-refractivity contribution in [1.29, 1.82) is 0 Å². The van der Waals surface area contributed by atoms with Crippen LogP contribution in [0.1, 0.15) is 24.2 Å². The molecule has 0 aromatic heterocycles. The van der Waals surface area contributed by atoms with E-state index < -0.39 is 5.97 Å². The predicted octanol–water partition coefficient (Wildman–Crippen LogP) is 1.34. The molecule has 1 aromatic carbocycles. The van der Waals surface area contributed by atoms with E-state index in [1.54, 1.807) is 42.2 Å². The predicted molar refractivity (Wildman–Crippen MR) is 99.5 cm³/mol. The van der Waals surface area contributed by atoms with Gasteiger partial charge < -0.3 is 24.2 Å². The number of carbonyl (C=O) groups is 2. The van der Waals surface area contributed by atoms with Gasteiger partial charge in [0.2, 0.25) is 0 Å². The number of likely N-dealkylation sites (N-methyl/N-ethyl adjacent to an activating group) is 1. The number of carboxylic acids is 1. The molecule has 1 aliphatic heterocycles. The van der Waals surface area contributed by atoms with Crippen molar-refractivity contribution in [3.05, 3.63) is 23.8 Å². The highest BCUT2D eigenvalue weighted by atomic mass is 16.5. The highest BCUT2D eigenvalue weighted by Crippen LogP contribution is 2.29. The van der Waals surface area contributed by atoms with Crippen LogP contribution in [0.3, 0.4) is 0 Å². The lowest BCUT2D eigenvalue weighted by Gasteiger charge is -2.34. The molecule has 27 heavy (non-hydrogen) atoms. The van der Waals surface area contributed by atoms with E-state index in [4.69, 9.17) is 19.3 Å². The standard InChI is InChI=1S/C19H28N2O6/c1-13(2)27-16-6-5-14(9-17(16)25-4)19(24)21-7-8-26-15(11-21)10-20(3)12-18(22)23/h5-6,9,13,15H,7-8,10-12H2,1-4H3,(H,22,23)/t15-/m1/s1. The van der Waals surface area contributed by atoms with Crippen LogP contribution in [-0.2, 0) is 9.53 Å². The summed E-state index contributed by atoms with van der Waals surface area (Å²) >= 11 is 0. The largest absolute Gasteiger partial charge is 0.493 e. The summed E-state index contributed by atoms with van der Waals surface area (Å²) in [6.07, 6.45) is -0.222. The number of rotatable bonds is 8. The summed E-state index contributed by atoms with van der Waals surface area (Å²) in [5.41, 5.74) is 0.516. The summed E-state index contributed by atoms with van der Waals surface area (Å²) < 4.78 is 16.7. The lowest BCUT2D eigenvalue weighted by atomic mass is 10.1. The van der Waals surface area contributed by atoms with Crippen LogP contribution in [0.25, 0.3) is 0 Å². The Labute approximate surface area is 159 Å². The molecule has 0 bridgehead atoms. The summed E-state index contributed by atoms with van der Waals surface area (Å²) in [5, 5.41) is 8.86. The molecule has 1 aliphatic rings. The first kappa shape index (κ1) is 21.0. The Balaban J connectivity index is 2.04. The Morgan fingerprint density at radius 2 is 2.11 bits per heavy atom. The van der Waals surface area contributed by atoms with Crippen LogP contribution < -0.4 is 9.47 Å². The number of ether oxygens (including phenoxy) is 3. The minimum atomic E-state index is -0.892. The first-order valence-corrected chi connectivity index (χ1v) is 8.96. The molecule has 1 saturated heterocycles. The fraction of sp³-hybridized carbons (Fsp3) is 0.579. The fourth-order valence-electron chi connectivity index (χ4n) is 2.99. The van der Waals surface area contributed by atoms with E-state index in [1.807, 2.05) is 13.8 Å². The smallest absolute Gasteiger partial charge is 0.317 e. The lowest BCUT2D eigenvalue weighted by molar-refractivity contribution is -0.138. The summed E-state index contributed by atoms with van der Waals surface area (Å²) in [4.78, 5) is 27.1. The quantitative estimate of drug-likeness (QED) is 0.728. The highest BCUT2D eigenvalue weighted by Gasteiger charge is 2.27. The second kappa shape index (κ2) is 9.57. The number of carbonyl (C=O) groups excluding carboxylic acids is 1. The number of aliphatic carboxylic acids is 1. The van der Waals surface area contributed by atoms with Crippen molar-refractivity contribution in [2.75, 3.05) is 46.9 Å². The SMILES string of the molecule is COc1cc(C(=O)N2CCO[C@H](CN(C)CC(=O)O)C2)ccc1OC(C)C. The van der Waals surface area contributed by atoms with Crippen LogP contribution in [0.2, 0.25) is 0 Å². The summed E-state index contributed by atoms with van der Waals surface area (Å²) in [5.74, 6) is 0.107. The van der Waals surface area contributed by atoms with Gasteiger partial charge in [-0.2, -0.15) is 0 Å². The molecule has 0 radical (unpaired) electrons. The molecule has 8 nitrogen and oxygen atoms in total. The van der Waals surface area contributed by atoms with E-state index >= 15 is 0 Å². The van der Waals surface area contributed by atoms with Gasteiger partial charge in [0.15, 0.2) is 11.5 Å². The van der Waals surface area contributed by atoms with Crippen LogP contribution in [0, 0.1) is 0 Å². The molecular weight excluding hydrogens is 352 g/mol. The van der Waals surface area contributed by atoms with Gasteiger partial charge in [0, 0.05) is 25.2 Å². The molecule has 0 aliphatic carbocycles. The second-order valence-corrected chi connectivity index (χ2v) is 6.87. The van der Waals surface area contributed by atoms with Gasteiger partial charge >= 0.3 is 5.97 Å². The van der Waals surface area contributed by atoms with Crippen LogP contribution in [0.15, 0.2) is 18.2 Å². The minimum absolute atomic E-state index is 0.00300. The zero-order chi connectivity index (χ0) is 20.0. The number of methoxy groups -OCH3 is 1. The Kier molecular flexibility index (Phi) is 7.44. The molecule has 1 atom stereocenters. The Morgan fingerprint density at radius 1 is 1.37 bits per heavy atom. The molecule has 150 valence electrons. The maximum absolute atomic E-state index is 12.9. The van der Waals surface area contributed by atoms with Crippen LogP contribution in [-0.4, -0.2) is 85.9 Å². The van der Waals surface area contributed by atoms with Gasteiger partial charge in [-0.1, -0.05) is 0 Å². The van der Waals surface area contributed by atoms with Crippen LogP contribution in [0.5, 0.6) is 11.5 Å². The number of amides is 1. The van der Waals surface area contributed by atoms with E-state index in [9.17, 15) is 9.59 Å². The first-order valence-electron chi connectivity index (χ1n) is 8.96. The van der Waals surface area contributed by atoms with Crippen molar-refractivity contribution in [2.24, 2.45) is 0 Å². The van der Waals surface area contributed by atoms with Crippen molar-refractivity contribution in [2.45, 2.75) is 26.1 Å². The third kappa shape index (κ3) is 6.11. The van der Waals surface area contributed by atoms with Crippen molar-refractivity contribution < 1.29 is 28.9 Å². The van der Waals surface area contributed by atoms with Gasteiger partial charge in [-0.25, -0.2) is 0 Å². The third-order valence-corrected chi connectivity index (χ3v) is 4.12. The summed E-state index contributed by atoms with van der Waals surface area (Å²) in [6.45, 7) is 5.55. The molecular formula is C19H28N2O6. The van der Waals surface area contributed by atoms with Gasteiger partial charge in [-0.05, 0) is 39.1 Å². The van der Waals surface area contributed by atoms with E-state index in [1.165, 1.54) is 0 Å². The minimum Gasteiger partial charge on any atom is -0.493 e. The second-order valence-electron chi connectivity index (χ2n) is 6.87. The molecule has 1 fully saturated rings. The average molecular weight is 380 g/mol. The van der Waals surface area contributed by atoms with Gasteiger partial charge in [-0.3, -0.25) is 14.5 Å². The monoisotopic (exact) mass is 380 g/mol. The van der Waals surface area contributed by atoms with Crippen molar-refractivity contribution in [1.82, 2.24) is 9.80 Å². The molecule has 0 unspecified atom stereocenters. The maximum Gasteiger partial charge on any atom is 0.317 e. The zero-order valence-corrected chi connectivity index (χ0v) is 16.3. The number of morpholine rings is 1. The van der Waals surface area contributed by atoms with Gasteiger partial charge in [-0.15, -0.1) is 0 Å². The Bertz CT molecular complexity index is 664. The number of carboxylic acid groups (broad SMARTS) is 1.